The number of hydrogen-bond acceptors (Lipinski definition) is 4. The van der Waals surface area contributed by atoms with Crippen LogP contribution < -0.4 is 5.32 Å². The van der Waals surface area contributed by atoms with Crippen molar-refractivity contribution in [2.75, 3.05) is 19.7 Å². The van der Waals surface area contributed by atoms with Crippen molar-refractivity contribution in [2.24, 2.45) is 0 Å². The molecule has 1 fully saturated rings. The standard InChI is InChI=1S/C13H16BrNO3/c1-13(8-15-9-13)18-7-12(16)17-6-10-4-2-3-5-11(10)14/h2-5,15H,6-9H2,1H3. The Labute approximate surface area is 115 Å². The Morgan fingerprint density at radius 3 is 2.78 bits per heavy atom. The van der Waals surface area contributed by atoms with Gasteiger partial charge in [-0.1, -0.05) is 34.1 Å². The molecule has 0 amide bonds. The van der Waals surface area contributed by atoms with Gasteiger partial charge < -0.3 is 14.8 Å². The predicted molar refractivity (Wildman–Crippen MR) is 71.2 cm³/mol. The van der Waals surface area contributed by atoms with Crippen LogP contribution in [0.2, 0.25) is 0 Å². The Morgan fingerprint density at radius 2 is 2.17 bits per heavy atom. The summed E-state index contributed by atoms with van der Waals surface area (Å²) in [5.41, 5.74) is 0.731. The monoisotopic (exact) mass is 313 g/mol. The average Bonchev–Trinajstić information content (AvgIpc) is 2.33. The van der Waals surface area contributed by atoms with Crippen LogP contribution in [0.3, 0.4) is 0 Å². The first kappa shape index (κ1) is 13.5. The summed E-state index contributed by atoms with van der Waals surface area (Å²) in [5.74, 6) is -0.334. The number of carbonyl (C=O) groups is 1. The number of benzene rings is 1. The van der Waals surface area contributed by atoms with E-state index in [-0.39, 0.29) is 24.8 Å². The molecule has 1 heterocycles. The maximum atomic E-state index is 11.5. The van der Waals surface area contributed by atoms with Crippen molar-refractivity contribution in [3.05, 3.63) is 34.3 Å². The van der Waals surface area contributed by atoms with Crippen LogP contribution in [0.15, 0.2) is 28.7 Å². The molecule has 0 aromatic heterocycles. The molecule has 1 saturated heterocycles. The van der Waals surface area contributed by atoms with Gasteiger partial charge >= 0.3 is 5.97 Å². The SMILES string of the molecule is CC1(OCC(=O)OCc2ccccc2Br)CNC1. The van der Waals surface area contributed by atoms with Crippen LogP contribution in [0.1, 0.15) is 12.5 Å². The molecule has 1 aromatic carbocycles. The molecule has 0 saturated carbocycles. The van der Waals surface area contributed by atoms with Crippen molar-refractivity contribution in [3.63, 3.8) is 0 Å². The maximum absolute atomic E-state index is 11.5. The molecule has 4 nitrogen and oxygen atoms in total. The molecule has 18 heavy (non-hydrogen) atoms. The predicted octanol–water partition coefficient (Wildman–Crippen LogP) is 1.87. The van der Waals surface area contributed by atoms with Crippen LogP contribution in [0.25, 0.3) is 0 Å². The van der Waals surface area contributed by atoms with Crippen molar-refractivity contribution >= 4 is 21.9 Å². The number of nitrogens with one attached hydrogen (secondary N) is 1. The van der Waals surface area contributed by atoms with Gasteiger partial charge in [0, 0.05) is 23.1 Å². The molecule has 0 atom stereocenters. The molecule has 0 spiro atoms. The second-order valence-electron chi connectivity index (χ2n) is 4.59. The molecular weight excluding hydrogens is 298 g/mol. The zero-order chi connectivity index (χ0) is 13.0. The highest BCUT2D eigenvalue weighted by Gasteiger charge is 2.33. The second-order valence-corrected chi connectivity index (χ2v) is 5.45. The van der Waals surface area contributed by atoms with Crippen LogP contribution in [0.4, 0.5) is 0 Å². The largest absolute Gasteiger partial charge is 0.459 e. The maximum Gasteiger partial charge on any atom is 0.332 e. The van der Waals surface area contributed by atoms with Crippen LogP contribution in [-0.2, 0) is 20.9 Å². The summed E-state index contributed by atoms with van der Waals surface area (Å²) >= 11 is 3.41. The Kier molecular flexibility index (Phi) is 4.37. The van der Waals surface area contributed by atoms with E-state index in [4.69, 9.17) is 9.47 Å². The first-order valence-electron chi connectivity index (χ1n) is 5.83. The number of rotatable bonds is 5. The quantitative estimate of drug-likeness (QED) is 0.843. The summed E-state index contributed by atoms with van der Waals surface area (Å²) in [6, 6.07) is 7.66. The molecule has 1 aromatic rings. The smallest absolute Gasteiger partial charge is 0.332 e. The minimum atomic E-state index is -0.334. The van der Waals surface area contributed by atoms with Crippen LogP contribution in [-0.4, -0.2) is 31.3 Å². The molecule has 0 bridgehead atoms. The van der Waals surface area contributed by atoms with Gasteiger partial charge in [-0.25, -0.2) is 4.79 Å². The van der Waals surface area contributed by atoms with Crippen LogP contribution in [0, 0.1) is 0 Å². The van der Waals surface area contributed by atoms with Crippen LogP contribution in [0.5, 0.6) is 0 Å². The third-order valence-corrected chi connectivity index (χ3v) is 3.66. The molecule has 1 N–H and O–H groups in total. The topological polar surface area (TPSA) is 47.6 Å². The van der Waals surface area contributed by atoms with Gasteiger partial charge in [-0.15, -0.1) is 0 Å². The minimum absolute atomic E-state index is 0.00261. The van der Waals surface area contributed by atoms with Crippen molar-refractivity contribution in [1.82, 2.24) is 5.32 Å². The summed E-state index contributed by atoms with van der Waals surface area (Å²) in [6.45, 7) is 3.81. The van der Waals surface area contributed by atoms with E-state index in [0.717, 1.165) is 23.1 Å². The first-order valence-corrected chi connectivity index (χ1v) is 6.62. The zero-order valence-corrected chi connectivity index (χ0v) is 11.8. The number of ether oxygens (including phenoxy) is 2. The molecule has 0 radical (unpaired) electrons. The van der Waals surface area contributed by atoms with E-state index in [1.54, 1.807) is 0 Å². The molecule has 1 aliphatic heterocycles. The summed E-state index contributed by atoms with van der Waals surface area (Å²) in [6.07, 6.45) is 0. The van der Waals surface area contributed by atoms with Crippen LogP contribution >= 0.6 is 15.9 Å². The van der Waals surface area contributed by atoms with E-state index in [1.165, 1.54) is 0 Å². The Morgan fingerprint density at radius 1 is 1.44 bits per heavy atom. The van der Waals surface area contributed by atoms with Gasteiger partial charge in [0.25, 0.3) is 0 Å². The van der Waals surface area contributed by atoms with E-state index in [2.05, 4.69) is 21.2 Å². The zero-order valence-electron chi connectivity index (χ0n) is 10.2. The van der Waals surface area contributed by atoms with E-state index >= 15 is 0 Å². The second kappa shape index (κ2) is 5.82. The molecule has 2 rings (SSSR count). The lowest BCUT2D eigenvalue weighted by Crippen LogP contribution is -2.59. The summed E-state index contributed by atoms with van der Waals surface area (Å²) in [7, 11) is 0. The first-order chi connectivity index (χ1) is 8.59. The number of esters is 1. The molecule has 0 unspecified atom stereocenters. The summed E-state index contributed by atoms with van der Waals surface area (Å²) < 4.78 is 11.6. The lowest BCUT2D eigenvalue weighted by molar-refractivity contribution is -0.159. The average molecular weight is 314 g/mol. The van der Waals surface area contributed by atoms with Gasteiger partial charge in [-0.3, -0.25) is 0 Å². The van der Waals surface area contributed by atoms with E-state index in [9.17, 15) is 4.79 Å². The highest BCUT2D eigenvalue weighted by atomic mass is 79.9. The molecule has 0 aliphatic carbocycles. The van der Waals surface area contributed by atoms with Gasteiger partial charge in [-0.2, -0.15) is 0 Å². The van der Waals surface area contributed by atoms with Crippen molar-refractivity contribution in [1.29, 1.82) is 0 Å². The van der Waals surface area contributed by atoms with Gasteiger partial charge in [0.1, 0.15) is 13.2 Å². The number of carbonyl (C=O) groups excluding carboxylic acids is 1. The number of hydrogen-bond donors (Lipinski definition) is 1. The number of halogens is 1. The summed E-state index contributed by atoms with van der Waals surface area (Å²) in [4.78, 5) is 11.5. The third-order valence-electron chi connectivity index (χ3n) is 2.88. The molecule has 98 valence electrons. The fourth-order valence-corrected chi connectivity index (χ4v) is 2.03. The molecule has 1 aliphatic rings. The minimum Gasteiger partial charge on any atom is -0.459 e. The Hall–Kier alpha value is -0.910. The van der Waals surface area contributed by atoms with Gasteiger partial charge in [0.05, 0.1) is 5.60 Å². The lowest BCUT2D eigenvalue weighted by Gasteiger charge is -2.38. The Bertz CT molecular complexity index is 432. The lowest BCUT2D eigenvalue weighted by atomic mass is 10.0. The van der Waals surface area contributed by atoms with E-state index in [1.807, 2.05) is 31.2 Å². The summed E-state index contributed by atoms with van der Waals surface area (Å²) in [5, 5.41) is 3.11. The van der Waals surface area contributed by atoms with Gasteiger partial charge in [-0.05, 0) is 13.0 Å². The molecular formula is C13H16BrNO3. The van der Waals surface area contributed by atoms with E-state index < -0.39 is 0 Å². The van der Waals surface area contributed by atoms with Crippen molar-refractivity contribution in [2.45, 2.75) is 19.1 Å². The Balaban J connectivity index is 1.73. The highest BCUT2D eigenvalue weighted by Crippen LogP contribution is 2.17. The molecule has 5 heteroatoms. The van der Waals surface area contributed by atoms with Gasteiger partial charge in [0.2, 0.25) is 0 Å². The fraction of sp³-hybridized carbons (Fsp3) is 0.462. The fourth-order valence-electron chi connectivity index (χ4n) is 1.63. The van der Waals surface area contributed by atoms with Crippen molar-refractivity contribution < 1.29 is 14.3 Å². The van der Waals surface area contributed by atoms with Gasteiger partial charge in [0.15, 0.2) is 0 Å². The normalized spacial score (nSPS) is 17.0. The van der Waals surface area contributed by atoms with E-state index in [0.29, 0.717) is 0 Å². The van der Waals surface area contributed by atoms with Crippen molar-refractivity contribution in [3.8, 4) is 0 Å². The highest BCUT2D eigenvalue weighted by molar-refractivity contribution is 9.10. The third kappa shape index (κ3) is 3.54.